The van der Waals surface area contributed by atoms with Crippen molar-refractivity contribution in [1.82, 2.24) is 0 Å². The second-order valence-corrected chi connectivity index (χ2v) is 3.23. The quantitative estimate of drug-likeness (QED) is 0.371. The van der Waals surface area contributed by atoms with E-state index >= 15 is 0 Å². The van der Waals surface area contributed by atoms with E-state index in [0.29, 0.717) is 0 Å². The summed E-state index contributed by atoms with van der Waals surface area (Å²) in [7, 11) is -7.87. The largest absolute Gasteiger partial charge is 2.00 e. The van der Waals surface area contributed by atoms with Crippen molar-refractivity contribution in [2.75, 3.05) is 0 Å². The van der Waals surface area contributed by atoms with E-state index < -0.39 is 32.4 Å². The van der Waals surface area contributed by atoms with Crippen molar-refractivity contribution in [3.8, 4) is 0 Å². The molecule has 0 atom stereocenters. The molecule has 0 bridgehead atoms. The summed E-state index contributed by atoms with van der Waals surface area (Å²) in [4.78, 5) is 0. The van der Waals surface area contributed by atoms with Crippen LogP contribution >= 0.6 is 0 Å². The van der Waals surface area contributed by atoms with Gasteiger partial charge in [0.1, 0.15) is 0 Å². The standard InChI is InChI=1S/2CF3O2S.Ru/c2*2-1(3,4)7(5)6;/q2*-1;+2. The summed E-state index contributed by atoms with van der Waals surface area (Å²) < 4.78 is 99.0. The zero-order chi connectivity index (χ0) is 12.2. The molecule has 0 saturated heterocycles. The maximum atomic E-state index is 10.6. The van der Waals surface area contributed by atoms with Gasteiger partial charge in [-0.05, 0) is 0 Å². The topological polar surface area (TPSA) is 68.3 Å². The Hall–Kier alpha value is 0.103. The van der Waals surface area contributed by atoms with Crippen LogP contribution in [0.5, 0.6) is 0 Å². The first kappa shape index (κ1) is 20.5. The second-order valence-electron chi connectivity index (χ2n) is 1.36. The first-order chi connectivity index (χ1) is 5.89. The minimum absolute atomic E-state index is 0. The molecular weight excluding hydrogens is 367 g/mol. The smallest absolute Gasteiger partial charge is 0.416 e. The SMILES string of the molecule is O=[S-](=O)C(F)(F)F.O=[S-](=O)C(F)(F)F.[Ru+2]. The molecule has 0 aromatic carbocycles. The molecule has 94 valence electrons. The fraction of sp³-hybridized carbons (Fsp3) is 1.00. The monoisotopic (exact) mass is 368 g/mol. The van der Waals surface area contributed by atoms with E-state index in [2.05, 4.69) is 0 Å². The normalized spacial score (nSPS) is 11.7. The molecule has 13 heteroatoms. The van der Waals surface area contributed by atoms with E-state index in [1.807, 2.05) is 0 Å². The van der Waals surface area contributed by atoms with Gasteiger partial charge >= 0.3 is 30.5 Å². The summed E-state index contributed by atoms with van der Waals surface area (Å²) in [5, 5.41) is 0. The summed E-state index contributed by atoms with van der Waals surface area (Å²) in [5.74, 6) is 0. The van der Waals surface area contributed by atoms with Crippen LogP contribution in [0.3, 0.4) is 0 Å². The van der Waals surface area contributed by atoms with E-state index in [1.165, 1.54) is 0 Å². The zero-order valence-electron chi connectivity index (χ0n) is 6.07. The fourth-order valence-corrected chi connectivity index (χ4v) is 0. The van der Waals surface area contributed by atoms with Crippen LogP contribution in [0, 0.1) is 0 Å². The van der Waals surface area contributed by atoms with Gasteiger partial charge in [-0.1, -0.05) is 0 Å². The minimum Gasteiger partial charge on any atom is -0.416 e. The molecule has 0 N–H and O–H groups in total. The average Bonchev–Trinajstić information content (AvgIpc) is 1.83. The molecule has 0 fully saturated rings. The first-order valence-corrected chi connectivity index (χ1v) is 4.36. The van der Waals surface area contributed by atoms with Gasteiger partial charge < -0.3 is 16.8 Å². The minimum atomic E-state index is -5.08. The van der Waals surface area contributed by atoms with Gasteiger partial charge in [-0.2, -0.15) is 26.3 Å². The van der Waals surface area contributed by atoms with Gasteiger partial charge in [-0.25, -0.2) is 0 Å². The Bertz CT molecular complexity index is 264. The molecule has 0 heterocycles. The Morgan fingerprint density at radius 2 is 0.667 bits per heavy atom. The molecule has 0 unspecified atom stereocenters. The summed E-state index contributed by atoms with van der Waals surface area (Å²) >= 11 is 0. The Labute approximate surface area is 95.3 Å². The first-order valence-electron chi connectivity index (χ1n) is 2.21. The van der Waals surface area contributed by atoms with Crippen LogP contribution in [0.1, 0.15) is 0 Å². The number of hydrogen-bond donors (Lipinski definition) is 0. The van der Waals surface area contributed by atoms with Gasteiger partial charge in [-0.15, -0.1) is 0 Å². The van der Waals surface area contributed by atoms with E-state index in [0.717, 1.165) is 0 Å². The molecule has 0 aliphatic rings. The van der Waals surface area contributed by atoms with Gasteiger partial charge in [0.15, 0.2) is 0 Å². The van der Waals surface area contributed by atoms with Crippen LogP contribution in [-0.2, 0) is 57.7 Å². The van der Waals surface area contributed by atoms with Crippen LogP contribution in [0.25, 0.3) is 0 Å². The van der Waals surface area contributed by atoms with Crippen molar-refractivity contribution >= 4 is 21.4 Å². The molecular formula is C2F6O4RuS2. The summed E-state index contributed by atoms with van der Waals surface area (Å²) in [6.45, 7) is 0. The van der Waals surface area contributed by atoms with Gasteiger partial charge in [0.25, 0.3) is 0 Å². The second kappa shape index (κ2) is 7.39. The molecule has 0 aromatic rings. The van der Waals surface area contributed by atoms with Crippen LogP contribution in [0.2, 0.25) is 0 Å². The third-order valence-electron chi connectivity index (χ3n) is 0.378. The van der Waals surface area contributed by atoms with E-state index in [9.17, 15) is 26.3 Å². The van der Waals surface area contributed by atoms with Crippen molar-refractivity contribution in [1.29, 1.82) is 0 Å². The number of rotatable bonds is 0. The zero-order valence-corrected chi connectivity index (χ0v) is 9.44. The number of halogens is 6. The van der Waals surface area contributed by atoms with Crippen molar-refractivity contribution in [3.63, 3.8) is 0 Å². The molecule has 0 spiro atoms. The molecule has 0 rings (SSSR count). The third-order valence-corrected chi connectivity index (χ3v) is 1.13. The van der Waals surface area contributed by atoms with Crippen LogP contribution in [0.4, 0.5) is 26.3 Å². The van der Waals surface area contributed by atoms with Crippen molar-refractivity contribution in [2.45, 2.75) is 11.0 Å². The van der Waals surface area contributed by atoms with Gasteiger partial charge in [0.05, 0.1) is 0 Å². The van der Waals surface area contributed by atoms with Crippen LogP contribution in [0.15, 0.2) is 0 Å². The molecule has 0 aromatic heterocycles. The third kappa shape index (κ3) is 14.1. The Kier molecular flexibility index (Phi) is 10.1. The molecule has 0 aliphatic carbocycles. The van der Waals surface area contributed by atoms with Crippen molar-refractivity contribution in [2.24, 2.45) is 0 Å². The summed E-state index contributed by atoms with van der Waals surface area (Å²) in [6.07, 6.45) is 0. The predicted octanol–water partition coefficient (Wildman–Crippen LogP) is 1.63. The number of hydrogen-bond acceptors (Lipinski definition) is 6. The molecule has 15 heavy (non-hydrogen) atoms. The fourth-order valence-electron chi connectivity index (χ4n) is 0. The summed E-state index contributed by atoms with van der Waals surface area (Å²) in [6, 6.07) is 0. The van der Waals surface area contributed by atoms with Crippen molar-refractivity contribution < 1.29 is 62.7 Å². The molecule has 0 saturated carbocycles. The Balaban J connectivity index is -0.000000180. The van der Waals surface area contributed by atoms with Gasteiger partial charge in [-0.3, -0.25) is 0 Å². The van der Waals surface area contributed by atoms with Gasteiger partial charge in [0, 0.05) is 21.4 Å². The average molecular weight is 367 g/mol. The molecule has 0 radical (unpaired) electrons. The maximum absolute atomic E-state index is 10.6. The Morgan fingerprint density at radius 1 is 0.600 bits per heavy atom. The molecule has 0 amide bonds. The van der Waals surface area contributed by atoms with E-state index in [-0.39, 0.29) is 19.5 Å². The van der Waals surface area contributed by atoms with Crippen LogP contribution in [-0.4, -0.2) is 11.0 Å². The molecule has 0 aliphatic heterocycles. The van der Waals surface area contributed by atoms with Crippen molar-refractivity contribution in [3.05, 3.63) is 0 Å². The predicted molar refractivity (Wildman–Crippen MR) is 29.6 cm³/mol. The maximum Gasteiger partial charge on any atom is 2.00 e. The van der Waals surface area contributed by atoms with E-state index in [1.54, 1.807) is 0 Å². The number of alkyl halides is 6. The Morgan fingerprint density at radius 3 is 0.667 bits per heavy atom. The van der Waals surface area contributed by atoms with E-state index in [4.69, 9.17) is 16.8 Å². The van der Waals surface area contributed by atoms with Gasteiger partial charge in [0.2, 0.25) is 0 Å². The molecule has 4 nitrogen and oxygen atoms in total. The van der Waals surface area contributed by atoms with Crippen LogP contribution < -0.4 is 0 Å². The summed E-state index contributed by atoms with van der Waals surface area (Å²) in [5.41, 5.74) is -10.2.